The smallest absolute Gasteiger partial charge is 0.0304 e. The molecular weight excluding hydrogens is 172 g/mol. The van der Waals surface area contributed by atoms with E-state index in [-0.39, 0.29) is 0 Å². The average Bonchev–Trinajstić information content (AvgIpc) is 3.03. The number of hydrogen-bond donors (Lipinski definition) is 1. The molecule has 1 N–H and O–H groups in total. The maximum Gasteiger partial charge on any atom is 0.0304 e. The third-order valence-corrected chi connectivity index (χ3v) is 4.19. The van der Waals surface area contributed by atoms with Crippen molar-refractivity contribution in [2.24, 2.45) is 0 Å². The summed E-state index contributed by atoms with van der Waals surface area (Å²) in [7, 11) is 0. The lowest BCUT2D eigenvalue weighted by atomic mass is 9.88. The Morgan fingerprint density at radius 1 is 1.29 bits per heavy atom. The summed E-state index contributed by atoms with van der Waals surface area (Å²) < 4.78 is 0. The maximum atomic E-state index is 3.75. The number of hydrogen-bond acceptors (Lipinski definition) is 2. The average molecular weight is 196 g/mol. The monoisotopic (exact) mass is 196 g/mol. The van der Waals surface area contributed by atoms with Gasteiger partial charge in [-0.2, -0.15) is 0 Å². The molecule has 0 spiro atoms. The molecule has 0 bridgehead atoms. The van der Waals surface area contributed by atoms with Crippen LogP contribution in [0.3, 0.4) is 0 Å². The minimum atomic E-state index is 0.412. The van der Waals surface area contributed by atoms with Gasteiger partial charge in [0.05, 0.1) is 0 Å². The van der Waals surface area contributed by atoms with E-state index in [1.807, 2.05) is 0 Å². The molecule has 2 fully saturated rings. The van der Waals surface area contributed by atoms with Crippen molar-refractivity contribution >= 4 is 0 Å². The van der Waals surface area contributed by atoms with Gasteiger partial charge in [0.2, 0.25) is 0 Å². The van der Waals surface area contributed by atoms with Crippen molar-refractivity contribution in [3.8, 4) is 0 Å². The van der Waals surface area contributed by atoms with Crippen LogP contribution >= 0.6 is 0 Å². The van der Waals surface area contributed by atoms with Crippen LogP contribution in [0.1, 0.15) is 46.5 Å². The second-order valence-electron chi connectivity index (χ2n) is 5.12. The zero-order valence-electron chi connectivity index (χ0n) is 9.84. The first-order valence-electron chi connectivity index (χ1n) is 6.21. The highest BCUT2D eigenvalue weighted by atomic mass is 15.3. The molecule has 82 valence electrons. The largest absolute Gasteiger partial charge is 0.308 e. The third kappa shape index (κ3) is 1.82. The Kier molecular flexibility index (Phi) is 2.85. The summed E-state index contributed by atoms with van der Waals surface area (Å²) in [5.41, 5.74) is 0.412. The highest BCUT2D eigenvalue weighted by Gasteiger charge is 2.41. The highest BCUT2D eigenvalue weighted by Crippen LogP contribution is 2.33. The van der Waals surface area contributed by atoms with Gasteiger partial charge in [0, 0.05) is 30.7 Å². The van der Waals surface area contributed by atoms with Gasteiger partial charge in [-0.05, 0) is 32.6 Å². The fourth-order valence-corrected chi connectivity index (χ4v) is 2.66. The molecule has 2 heteroatoms. The zero-order chi connectivity index (χ0) is 10.2. The van der Waals surface area contributed by atoms with E-state index in [0.29, 0.717) is 5.54 Å². The Morgan fingerprint density at radius 2 is 1.93 bits per heavy atom. The second-order valence-corrected chi connectivity index (χ2v) is 5.12. The fourth-order valence-electron chi connectivity index (χ4n) is 2.66. The Hall–Kier alpha value is -0.0800. The number of nitrogens with one attached hydrogen (secondary N) is 1. The normalized spacial score (nSPS) is 33.2. The molecule has 2 aliphatic rings. The summed E-state index contributed by atoms with van der Waals surface area (Å²) in [6, 6.07) is 1.67. The van der Waals surface area contributed by atoms with Crippen LogP contribution < -0.4 is 5.32 Å². The predicted octanol–water partition coefficient (Wildman–Crippen LogP) is 2.00. The summed E-state index contributed by atoms with van der Waals surface area (Å²) in [5, 5.41) is 3.75. The van der Waals surface area contributed by atoms with Gasteiger partial charge in [-0.1, -0.05) is 13.8 Å². The zero-order valence-corrected chi connectivity index (χ0v) is 9.84. The minimum absolute atomic E-state index is 0.412. The standard InChI is InChI=1S/C12H24N2/c1-4-12(5-2)9-14(11-6-7-11)10(3)8-13-12/h10-11,13H,4-9H2,1-3H3. The van der Waals surface area contributed by atoms with Crippen molar-refractivity contribution < 1.29 is 0 Å². The van der Waals surface area contributed by atoms with Crippen molar-refractivity contribution in [3.05, 3.63) is 0 Å². The molecule has 14 heavy (non-hydrogen) atoms. The molecule has 2 nitrogen and oxygen atoms in total. The number of piperazine rings is 1. The van der Waals surface area contributed by atoms with Gasteiger partial charge in [-0.15, -0.1) is 0 Å². The van der Waals surface area contributed by atoms with Crippen LogP contribution in [0.5, 0.6) is 0 Å². The molecule has 2 rings (SSSR count). The van der Waals surface area contributed by atoms with Crippen LogP contribution in [0.25, 0.3) is 0 Å². The van der Waals surface area contributed by atoms with Crippen molar-refractivity contribution in [1.82, 2.24) is 10.2 Å². The minimum Gasteiger partial charge on any atom is -0.308 e. The molecule has 0 aromatic heterocycles. The van der Waals surface area contributed by atoms with Gasteiger partial charge in [0.25, 0.3) is 0 Å². The van der Waals surface area contributed by atoms with Gasteiger partial charge in [0.15, 0.2) is 0 Å². The highest BCUT2D eigenvalue weighted by molar-refractivity contribution is 5.00. The summed E-state index contributed by atoms with van der Waals surface area (Å²) in [6.45, 7) is 9.44. The van der Waals surface area contributed by atoms with Gasteiger partial charge in [-0.25, -0.2) is 0 Å². The van der Waals surface area contributed by atoms with E-state index in [4.69, 9.17) is 0 Å². The quantitative estimate of drug-likeness (QED) is 0.743. The van der Waals surface area contributed by atoms with Gasteiger partial charge in [0.1, 0.15) is 0 Å². The van der Waals surface area contributed by atoms with Crippen LogP contribution in [-0.2, 0) is 0 Å². The first kappa shape index (κ1) is 10.4. The molecule has 1 aliphatic carbocycles. The van der Waals surface area contributed by atoms with E-state index in [1.165, 1.54) is 38.8 Å². The molecule has 0 amide bonds. The van der Waals surface area contributed by atoms with E-state index in [9.17, 15) is 0 Å². The predicted molar refractivity (Wildman–Crippen MR) is 60.5 cm³/mol. The van der Waals surface area contributed by atoms with E-state index < -0.39 is 0 Å². The van der Waals surface area contributed by atoms with Crippen molar-refractivity contribution in [1.29, 1.82) is 0 Å². The lowest BCUT2D eigenvalue weighted by Crippen LogP contribution is -2.63. The summed E-state index contributed by atoms with van der Waals surface area (Å²) in [5.74, 6) is 0. The molecule has 0 aromatic carbocycles. The van der Waals surface area contributed by atoms with Crippen molar-refractivity contribution in [2.75, 3.05) is 13.1 Å². The van der Waals surface area contributed by atoms with E-state index >= 15 is 0 Å². The summed E-state index contributed by atoms with van der Waals surface area (Å²) >= 11 is 0. The first-order chi connectivity index (χ1) is 6.71. The third-order valence-electron chi connectivity index (χ3n) is 4.19. The van der Waals surface area contributed by atoms with E-state index in [1.54, 1.807) is 0 Å². The van der Waals surface area contributed by atoms with Crippen molar-refractivity contribution in [3.63, 3.8) is 0 Å². The molecule has 1 heterocycles. The van der Waals surface area contributed by atoms with Crippen LogP contribution in [0.2, 0.25) is 0 Å². The fraction of sp³-hybridized carbons (Fsp3) is 1.00. The Labute approximate surface area is 88.1 Å². The van der Waals surface area contributed by atoms with Crippen LogP contribution in [0.4, 0.5) is 0 Å². The molecular formula is C12H24N2. The SMILES string of the molecule is CCC1(CC)CN(C2CC2)C(C)CN1. The molecule has 1 aliphatic heterocycles. The Bertz CT molecular complexity index is 194. The van der Waals surface area contributed by atoms with Crippen LogP contribution in [0.15, 0.2) is 0 Å². The van der Waals surface area contributed by atoms with Gasteiger partial charge < -0.3 is 5.32 Å². The lowest BCUT2D eigenvalue weighted by Gasteiger charge is -2.46. The molecule has 0 aromatic rings. The Morgan fingerprint density at radius 3 is 2.43 bits per heavy atom. The van der Waals surface area contributed by atoms with Crippen molar-refractivity contribution in [2.45, 2.75) is 64.1 Å². The molecule has 1 unspecified atom stereocenters. The topological polar surface area (TPSA) is 15.3 Å². The summed E-state index contributed by atoms with van der Waals surface area (Å²) in [4.78, 5) is 2.74. The van der Waals surface area contributed by atoms with E-state index in [2.05, 4.69) is 31.0 Å². The lowest BCUT2D eigenvalue weighted by molar-refractivity contribution is 0.0741. The second kappa shape index (κ2) is 3.82. The van der Waals surface area contributed by atoms with Crippen LogP contribution in [-0.4, -0.2) is 35.6 Å². The van der Waals surface area contributed by atoms with E-state index in [0.717, 1.165) is 12.1 Å². The molecule has 1 saturated carbocycles. The number of rotatable bonds is 3. The summed E-state index contributed by atoms with van der Waals surface area (Å²) in [6.07, 6.45) is 5.40. The Balaban J connectivity index is 2.03. The van der Waals surface area contributed by atoms with Gasteiger partial charge >= 0.3 is 0 Å². The molecule has 1 saturated heterocycles. The maximum absolute atomic E-state index is 3.75. The molecule has 1 atom stereocenters. The number of nitrogens with zero attached hydrogens (tertiary/aromatic N) is 1. The molecule has 0 radical (unpaired) electrons. The van der Waals surface area contributed by atoms with Crippen LogP contribution in [0, 0.1) is 0 Å². The first-order valence-corrected chi connectivity index (χ1v) is 6.21. The van der Waals surface area contributed by atoms with Gasteiger partial charge in [-0.3, -0.25) is 4.90 Å².